The monoisotopic (exact) mass is 450 g/mol. The second-order valence-corrected chi connectivity index (χ2v) is 8.29. The number of anilines is 1. The average Bonchev–Trinajstić information content (AvgIpc) is 3.19. The molecule has 0 aliphatic heterocycles. The number of para-hydroxylation sites is 2. The Morgan fingerprint density at radius 3 is 2.50 bits per heavy atom. The van der Waals surface area contributed by atoms with Crippen LogP contribution < -0.4 is 10.1 Å². The largest absolute Gasteiger partial charge is 0.485 e. The molecule has 7 heteroatoms. The van der Waals surface area contributed by atoms with Crippen LogP contribution in [0.25, 0.3) is 0 Å². The highest BCUT2D eigenvalue weighted by molar-refractivity contribution is 7.99. The van der Waals surface area contributed by atoms with Crippen LogP contribution in [0, 0.1) is 6.92 Å². The molecule has 168 valence electrons. The third kappa shape index (κ3) is 5.79. The van der Waals surface area contributed by atoms with E-state index in [1.807, 2.05) is 41.8 Å². The molecule has 32 heavy (non-hydrogen) atoms. The van der Waals surface area contributed by atoms with Gasteiger partial charge < -0.3 is 10.1 Å². The molecule has 1 heterocycles. The van der Waals surface area contributed by atoms with Gasteiger partial charge in [-0.05, 0) is 42.5 Å². The number of rotatable bonds is 11. The summed E-state index contributed by atoms with van der Waals surface area (Å²) >= 11 is 1.36. The number of hydrogen-bond acceptors (Lipinski definition) is 5. The Bertz CT molecular complexity index is 1060. The van der Waals surface area contributed by atoms with Crippen molar-refractivity contribution in [2.24, 2.45) is 0 Å². The molecule has 6 nitrogen and oxygen atoms in total. The SMILES string of the molecule is C=CCn1c(COc2ccccc2C)nnc1SCC(=O)Nc1c(CC)cccc1CC. The van der Waals surface area contributed by atoms with Crippen molar-refractivity contribution >= 4 is 23.4 Å². The van der Waals surface area contributed by atoms with Crippen molar-refractivity contribution in [3.63, 3.8) is 0 Å². The van der Waals surface area contributed by atoms with E-state index in [2.05, 4.69) is 48.1 Å². The van der Waals surface area contributed by atoms with Gasteiger partial charge in [0.25, 0.3) is 0 Å². The van der Waals surface area contributed by atoms with Crippen LogP contribution in [0.1, 0.15) is 36.4 Å². The van der Waals surface area contributed by atoms with Crippen LogP contribution in [0.3, 0.4) is 0 Å². The van der Waals surface area contributed by atoms with Crippen LogP contribution in [0.15, 0.2) is 60.3 Å². The number of thioether (sulfide) groups is 1. The molecule has 0 aliphatic rings. The Morgan fingerprint density at radius 1 is 1.12 bits per heavy atom. The van der Waals surface area contributed by atoms with Crippen LogP contribution in [0.4, 0.5) is 5.69 Å². The highest BCUT2D eigenvalue weighted by Gasteiger charge is 2.16. The molecular formula is C25H30N4O2S. The number of amides is 1. The minimum atomic E-state index is -0.0588. The molecule has 0 atom stereocenters. The maximum absolute atomic E-state index is 12.7. The zero-order chi connectivity index (χ0) is 22.9. The van der Waals surface area contributed by atoms with Crippen molar-refractivity contribution in [1.29, 1.82) is 0 Å². The second-order valence-electron chi connectivity index (χ2n) is 7.35. The van der Waals surface area contributed by atoms with Crippen LogP contribution in [-0.2, 0) is 30.8 Å². The van der Waals surface area contributed by atoms with E-state index in [1.54, 1.807) is 6.08 Å². The maximum Gasteiger partial charge on any atom is 0.234 e. The number of ether oxygens (including phenoxy) is 1. The highest BCUT2D eigenvalue weighted by Crippen LogP contribution is 2.24. The number of hydrogen-bond donors (Lipinski definition) is 1. The Hall–Kier alpha value is -3.06. The standard InChI is InChI=1S/C25H30N4O2S/c1-5-15-29-22(16-31-21-14-9-8-11-18(21)4)27-28-25(29)32-17-23(30)26-24-19(6-2)12-10-13-20(24)7-3/h5,8-14H,1,6-7,15-17H2,2-4H3,(H,26,30). The topological polar surface area (TPSA) is 69.0 Å². The Balaban J connectivity index is 1.67. The number of aromatic nitrogens is 3. The number of nitrogens with one attached hydrogen (secondary N) is 1. The molecule has 1 aromatic heterocycles. The molecule has 3 rings (SSSR count). The van der Waals surface area contributed by atoms with Gasteiger partial charge in [-0.3, -0.25) is 9.36 Å². The first-order valence-corrected chi connectivity index (χ1v) is 11.8. The molecule has 0 aliphatic carbocycles. The molecule has 0 saturated carbocycles. The van der Waals surface area contributed by atoms with Gasteiger partial charge in [0, 0.05) is 12.2 Å². The fraction of sp³-hybridized carbons (Fsp3) is 0.320. The molecule has 0 radical (unpaired) electrons. The van der Waals surface area contributed by atoms with Gasteiger partial charge in [-0.15, -0.1) is 16.8 Å². The summed E-state index contributed by atoms with van der Waals surface area (Å²) < 4.78 is 7.86. The summed E-state index contributed by atoms with van der Waals surface area (Å²) in [6, 6.07) is 14.0. The summed E-state index contributed by atoms with van der Waals surface area (Å²) in [5.41, 5.74) is 4.29. The van der Waals surface area contributed by atoms with Gasteiger partial charge in [0.05, 0.1) is 5.75 Å². The van der Waals surface area contributed by atoms with Gasteiger partial charge in [-0.1, -0.05) is 68.1 Å². The lowest BCUT2D eigenvalue weighted by Crippen LogP contribution is -2.17. The summed E-state index contributed by atoms with van der Waals surface area (Å²) in [5.74, 6) is 1.70. The van der Waals surface area contributed by atoms with Crippen molar-refractivity contribution in [2.45, 2.75) is 51.9 Å². The van der Waals surface area contributed by atoms with Crippen LogP contribution in [-0.4, -0.2) is 26.4 Å². The van der Waals surface area contributed by atoms with E-state index < -0.39 is 0 Å². The number of aryl methyl sites for hydroxylation is 3. The van der Waals surface area contributed by atoms with E-state index in [1.165, 1.54) is 11.8 Å². The molecule has 2 aromatic carbocycles. The van der Waals surface area contributed by atoms with Crippen LogP contribution in [0.5, 0.6) is 5.75 Å². The first-order chi connectivity index (χ1) is 15.6. The minimum absolute atomic E-state index is 0.0588. The molecule has 0 saturated heterocycles. The highest BCUT2D eigenvalue weighted by atomic mass is 32.2. The smallest absolute Gasteiger partial charge is 0.234 e. The molecule has 0 spiro atoms. The van der Waals surface area contributed by atoms with E-state index in [4.69, 9.17) is 4.74 Å². The molecule has 1 N–H and O–H groups in total. The van der Waals surface area contributed by atoms with E-state index >= 15 is 0 Å². The van der Waals surface area contributed by atoms with E-state index in [0.717, 1.165) is 41.0 Å². The van der Waals surface area contributed by atoms with E-state index in [-0.39, 0.29) is 11.7 Å². The normalized spacial score (nSPS) is 10.7. The van der Waals surface area contributed by atoms with E-state index in [0.29, 0.717) is 24.1 Å². The minimum Gasteiger partial charge on any atom is -0.485 e. The number of benzene rings is 2. The molecule has 0 bridgehead atoms. The summed E-state index contributed by atoms with van der Waals surface area (Å²) in [5, 5.41) is 12.3. The van der Waals surface area contributed by atoms with Crippen molar-refractivity contribution in [1.82, 2.24) is 14.8 Å². The molecule has 3 aromatic rings. The van der Waals surface area contributed by atoms with Crippen molar-refractivity contribution in [3.8, 4) is 5.75 Å². The van der Waals surface area contributed by atoms with Crippen molar-refractivity contribution in [2.75, 3.05) is 11.1 Å². The Kier molecular flexibility index (Phi) is 8.50. The Labute approximate surface area is 194 Å². The summed E-state index contributed by atoms with van der Waals surface area (Å²) in [6.45, 7) is 10.9. The quantitative estimate of drug-likeness (QED) is 0.321. The van der Waals surface area contributed by atoms with E-state index in [9.17, 15) is 4.79 Å². The third-order valence-corrected chi connectivity index (χ3v) is 6.12. The number of allylic oxidation sites excluding steroid dienone is 1. The van der Waals surface area contributed by atoms with Crippen LogP contribution in [0.2, 0.25) is 0 Å². The molecular weight excluding hydrogens is 420 g/mol. The molecule has 0 fully saturated rings. The number of carbonyl (C=O) groups is 1. The zero-order valence-corrected chi connectivity index (χ0v) is 19.7. The van der Waals surface area contributed by atoms with Gasteiger partial charge in [0.1, 0.15) is 12.4 Å². The lowest BCUT2D eigenvalue weighted by atomic mass is 10.0. The number of carbonyl (C=O) groups excluding carboxylic acids is 1. The number of nitrogens with zero attached hydrogens (tertiary/aromatic N) is 3. The first-order valence-electron chi connectivity index (χ1n) is 10.8. The van der Waals surface area contributed by atoms with Gasteiger partial charge >= 0.3 is 0 Å². The zero-order valence-electron chi connectivity index (χ0n) is 18.9. The third-order valence-electron chi connectivity index (χ3n) is 5.15. The second kappa shape index (κ2) is 11.5. The van der Waals surface area contributed by atoms with Crippen molar-refractivity contribution in [3.05, 3.63) is 77.6 Å². The van der Waals surface area contributed by atoms with Gasteiger partial charge in [-0.25, -0.2) is 0 Å². The van der Waals surface area contributed by atoms with Gasteiger partial charge in [0.15, 0.2) is 11.0 Å². The van der Waals surface area contributed by atoms with Gasteiger partial charge in [-0.2, -0.15) is 0 Å². The lowest BCUT2D eigenvalue weighted by molar-refractivity contribution is -0.113. The first kappa shape index (κ1) is 23.6. The average molecular weight is 451 g/mol. The fourth-order valence-corrected chi connectivity index (χ4v) is 4.18. The summed E-state index contributed by atoms with van der Waals surface area (Å²) in [4.78, 5) is 12.7. The predicted octanol–water partition coefficient (Wildman–Crippen LogP) is 5.21. The van der Waals surface area contributed by atoms with Crippen LogP contribution >= 0.6 is 11.8 Å². The van der Waals surface area contributed by atoms with Gasteiger partial charge in [0.2, 0.25) is 5.91 Å². The fourth-order valence-electron chi connectivity index (χ4n) is 3.41. The summed E-state index contributed by atoms with van der Waals surface area (Å²) in [7, 11) is 0. The molecule has 0 unspecified atom stereocenters. The molecule has 1 amide bonds. The lowest BCUT2D eigenvalue weighted by Gasteiger charge is -2.14. The maximum atomic E-state index is 12.7. The predicted molar refractivity (Wildman–Crippen MR) is 130 cm³/mol. The van der Waals surface area contributed by atoms with Crippen molar-refractivity contribution < 1.29 is 9.53 Å². The Morgan fingerprint density at radius 2 is 1.84 bits per heavy atom. The summed E-state index contributed by atoms with van der Waals surface area (Å²) in [6.07, 6.45) is 3.53.